The minimum atomic E-state index is -0.152. The van der Waals surface area contributed by atoms with Crippen molar-refractivity contribution in [1.29, 1.82) is 0 Å². The molecule has 0 heterocycles. The highest BCUT2D eigenvalue weighted by molar-refractivity contribution is 6.31. The van der Waals surface area contributed by atoms with Crippen molar-refractivity contribution in [2.75, 3.05) is 25.3 Å². The molecule has 0 unspecified atom stereocenters. The van der Waals surface area contributed by atoms with Crippen LogP contribution >= 0.6 is 11.6 Å². The van der Waals surface area contributed by atoms with Crippen LogP contribution in [-0.2, 0) is 0 Å². The fourth-order valence-electron chi connectivity index (χ4n) is 3.01. The third-order valence-corrected chi connectivity index (χ3v) is 5.45. The first-order valence-electron chi connectivity index (χ1n) is 12.4. The first-order chi connectivity index (χ1) is 18.2. The number of methoxy groups -OCH3 is 2. The van der Waals surface area contributed by atoms with E-state index in [0.717, 1.165) is 28.4 Å². The Morgan fingerprint density at radius 2 is 1.32 bits per heavy atom. The predicted molar refractivity (Wildman–Crippen MR) is 162 cm³/mol. The molecule has 0 aromatic heterocycles. The Balaban J connectivity index is 0.000000304. The number of ether oxygens (including phenoxy) is 2. The van der Waals surface area contributed by atoms with Gasteiger partial charge in [0.15, 0.2) is 11.5 Å². The van der Waals surface area contributed by atoms with Crippen molar-refractivity contribution in [1.82, 2.24) is 0 Å². The van der Waals surface area contributed by atoms with Crippen LogP contribution in [-0.4, -0.2) is 20.1 Å². The maximum Gasteiger partial charge on any atom is 0.255 e. The van der Waals surface area contributed by atoms with E-state index in [1.54, 1.807) is 38.5 Å². The molecule has 0 bridgehead atoms. The molecule has 202 valence electrons. The van der Waals surface area contributed by atoms with Gasteiger partial charge < -0.3 is 20.5 Å². The minimum absolute atomic E-state index is 0.152. The molecule has 3 N–H and O–H groups in total. The predicted octanol–water partition coefficient (Wildman–Crippen LogP) is 8.52. The molecule has 4 aromatic rings. The number of hydrogen-bond donors (Lipinski definition) is 2. The number of hydrogen-bond acceptors (Lipinski definition) is 4. The van der Waals surface area contributed by atoms with Crippen molar-refractivity contribution in [3.05, 3.63) is 118 Å². The molecule has 0 aliphatic carbocycles. The summed E-state index contributed by atoms with van der Waals surface area (Å²) in [6.45, 7) is 10.1. The zero-order valence-electron chi connectivity index (χ0n) is 23.3. The third-order valence-electron chi connectivity index (χ3n) is 5.22. The second-order valence-corrected chi connectivity index (χ2v) is 8.47. The smallest absolute Gasteiger partial charge is 0.255 e. The Labute approximate surface area is 232 Å². The van der Waals surface area contributed by atoms with E-state index in [1.165, 1.54) is 11.1 Å². The Morgan fingerprint density at radius 3 is 1.79 bits per heavy atom. The Kier molecular flexibility index (Phi) is 14.8. The number of amides is 1. The average Bonchev–Trinajstić information content (AvgIpc) is 2.94. The molecular formula is C32H39ClN2O3. The van der Waals surface area contributed by atoms with Crippen LogP contribution in [0.1, 0.15) is 40.9 Å². The summed E-state index contributed by atoms with van der Waals surface area (Å²) < 4.78 is 10.0. The average molecular weight is 535 g/mol. The largest absolute Gasteiger partial charge is 0.493 e. The van der Waals surface area contributed by atoms with Crippen LogP contribution in [0.4, 0.5) is 11.4 Å². The van der Waals surface area contributed by atoms with E-state index in [9.17, 15) is 4.79 Å². The normalized spacial score (nSPS) is 9.26. The molecule has 0 saturated heterocycles. The lowest BCUT2D eigenvalue weighted by Crippen LogP contribution is -2.11. The standard InChI is InChI=1S/C15H14ClNO.C8H10O2.C7H9N.C2H6/c1-10-6-7-14(8-11(10)2)17-15(18)12-4-3-5-13(16)9-12;1-9-7-5-3-4-6-8(7)10-2;1-6-2-4-7(8)5-3-6;1-2/h3-9H,1-2H3,(H,17,18);3-6H,1-2H3;2-5H,8H2,1H3;1-2H3. The molecule has 6 heteroatoms. The number of nitrogens with two attached hydrogens (primary N) is 1. The molecule has 1 amide bonds. The summed E-state index contributed by atoms with van der Waals surface area (Å²) >= 11 is 5.86. The number of para-hydroxylation sites is 2. The summed E-state index contributed by atoms with van der Waals surface area (Å²) in [5.41, 5.74) is 11.2. The summed E-state index contributed by atoms with van der Waals surface area (Å²) in [6, 6.07) is 28.0. The third kappa shape index (κ3) is 11.4. The van der Waals surface area contributed by atoms with E-state index in [2.05, 4.69) is 5.32 Å². The van der Waals surface area contributed by atoms with E-state index < -0.39 is 0 Å². The molecule has 0 saturated carbocycles. The molecule has 4 rings (SSSR count). The van der Waals surface area contributed by atoms with Crippen molar-refractivity contribution >= 4 is 28.9 Å². The van der Waals surface area contributed by atoms with Crippen molar-refractivity contribution < 1.29 is 14.3 Å². The van der Waals surface area contributed by atoms with Gasteiger partial charge >= 0.3 is 0 Å². The second kappa shape index (κ2) is 17.5. The summed E-state index contributed by atoms with van der Waals surface area (Å²) in [7, 11) is 3.25. The lowest BCUT2D eigenvalue weighted by Gasteiger charge is -2.07. The number of anilines is 2. The number of rotatable bonds is 4. The second-order valence-electron chi connectivity index (χ2n) is 8.03. The lowest BCUT2D eigenvalue weighted by atomic mass is 10.1. The van der Waals surface area contributed by atoms with E-state index in [-0.39, 0.29) is 5.91 Å². The van der Waals surface area contributed by atoms with Gasteiger partial charge in [0.2, 0.25) is 0 Å². The zero-order valence-corrected chi connectivity index (χ0v) is 24.1. The van der Waals surface area contributed by atoms with E-state index in [1.807, 2.05) is 101 Å². The molecule has 0 spiro atoms. The molecule has 0 atom stereocenters. The number of nitrogen functional groups attached to an aromatic ring is 1. The van der Waals surface area contributed by atoms with Crippen LogP contribution in [0.25, 0.3) is 0 Å². The highest BCUT2D eigenvalue weighted by Crippen LogP contribution is 2.24. The van der Waals surface area contributed by atoms with Gasteiger partial charge in [0.25, 0.3) is 5.91 Å². The molecular weight excluding hydrogens is 496 g/mol. The highest BCUT2D eigenvalue weighted by atomic mass is 35.5. The molecule has 0 aliphatic rings. The zero-order chi connectivity index (χ0) is 28.5. The quantitative estimate of drug-likeness (QED) is 0.257. The first-order valence-corrected chi connectivity index (χ1v) is 12.7. The molecule has 0 aliphatic heterocycles. The van der Waals surface area contributed by atoms with Gasteiger partial charge in [-0.25, -0.2) is 0 Å². The van der Waals surface area contributed by atoms with E-state index >= 15 is 0 Å². The van der Waals surface area contributed by atoms with Gasteiger partial charge in [0.1, 0.15) is 0 Å². The summed E-state index contributed by atoms with van der Waals surface area (Å²) in [5.74, 6) is 1.38. The number of carbonyl (C=O) groups is 1. The van der Waals surface area contributed by atoms with Gasteiger partial charge in [-0.1, -0.05) is 67.4 Å². The van der Waals surface area contributed by atoms with Crippen LogP contribution in [0, 0.1) is 20.8 Å². The van der Waals surface area contributed by atoms with Crippen LogP contribution in [0.15, 0.2) is 91.0 Å². The molecule has 5 nitrogen and oxygen atoms in total. The van der Waals surface area contributed by atoms with Gasteiger partial charge in [-0.15, -0.1) is 0 Å². The minimum Gasteiger partial charge on any atom is -0.493 e. The van der Waals surface area contributed by atoms with Gasteiger partial charge in [0, 0.05) is 22.0 Å². The van der Waals surface area contributed by atoms with Crippen molar-refractivity contribution in [3.8, 4) is 11.5 Å². The number of halogens is 1. The maximum atomic E-state index is 12.0. The van der Waals surface area contributed by atoms with E-state index in [0.29, 0.717) is 10.6 Å². The molecule has 0 radical (unpaired) electrons. The van der Waals surface area contributed by atoms with Gasteiger partial charge in [0.05, 0.1) is 14.2 Å². The SMILES string of the molecule is CC.COc1ccccc1OC.Cc1ccc(N)cc1.Cc1ccc(NC(=O)c2cccc(Cl)c2)cc1C. The van der Waals surface area contributed by atoms with Gasteiger partial charge in [-0.05, 0) is 86.5 Å². The Morgan fingerprint density at radius 1 is 0.737 bits per heavy atom. The summed E-state index contributed by atoms with van der Waals surface area (Å²) in [6.07, 6.45) is 0. The molecule has 38 heavy (non-hydrogen) atoms. The van der Waals surface area contributed by atoms with E-state index in [4.69, 9.17) is 26.8 Å². The first kappa shape index (κ1) is 32.1. The van der Waals surface area contributed by atoms with Crippen LogP contribution in [0.2, 0.25) is 5.02 Å². The summed E-state index contributed by atoms with van der Waals surface area (Å²) in [4.78, 5) is 12.0. The van der Waals surface area contributed by atoms with Crippen molar-refractivity contribution in [2.24, 2.45) is 0 Å². The fraction of sp³-hybridized carbons (Fsp3) is 0.219. The van der Waals surface area contributed by atoms with Crippen molar-refractivity contribution in [2.45, 2.75) is 34.6 Å². The number of carbonyl (C=O) groups excluding carboxylic acids is 1. The van der Waals surface area contributed by atoms with Crippen molar-refractivity contribution in [3.63, 3.8) is 0 Å². The maximum absolute atomic E-state index is 12.0. The molecule has 0 fully saturated rings. The topological polar surface area (TPSA) is 73.6 Å². The Hall–Kier alpha value is -3.96. The molecule has 4 aromatic carbocycles. The number of nitrogens with one attached hydrogen (secondary N) is 1. The van der Waals surface area contributed by atoms with Crippen LogP contribution in [0.3, 0.4) is 0 Å². The summed E-state index contributed by atoms with van der Waals surface area (Å²) in [5, 5.41) is 3.41. The van der Waals surface area contributed by atoms with Gasteiger partial charge in [-0.3, -0.25) is 4.79 Å². The highest BCUT2D eigenvalue weighted by Gasteiger charge is 2.06. The van der Waals surface area contributed by atoms with Gasteiger partial charge in [-0.2, -0.15) is 0 Å². The van der Waals surface area contributed by atoms with Crippen LogP contribution < -0.4 is 20.5 Å². The number of aryl methyl sites for hydroxylation is 3. The number of benzene rings is 4. The Bertz CT molecular complexity index is 1210. The lowest BCUT2D eigenvalue weighted by molar-refractivity contribution is 0.102. The fourth-order valence-corrected chi connectivity index (χ4v) is 3.20. The van der Waals surface area contributed by atoms with Crippen LogP contribution in [0.5, 0.6) is 11.5 Å². The monoisotopic (exact) mass is 534 g/mol.